The molecule has 0 heterocycles. The number of halogens is 3. The molecule has 66 valence electrons. The molecule has 0 bridgehead atoms. The van der Waals surface area contributed by atoms with Crippen molar-refractivity contribution >= 4 is 40.0 Å². The van der Waals surface area contributed by atoms with Crippen molar-refractivity contribution < 1.29 is 9.53 Å². The van der Waals surface area contributed by atoms with Gasteiger partial charge in [0.1, 0.15) is 0 Å². The predicted molar refractivity (Wildman–Crippen MR) is 46.2 cm³/mol. The summed E-state index contributed by atoms with van der Waals surface area (Å²) in [6, 6.07) is 0. The normalized spacial score (nSPS) is 11.6. The zero-order valence-corrected chi connectivity index (χ0v) is 8.34. The van der Waals surface area contributed by atoms with E-state index in [1.165, 1.54) is 0 Å². The van der Waals surface area contributed by atoms with E-state index in [9.17, 15) is 4.79 Å². The summed E-state index contributed by atoms with van der Waals surface area (Å²) in [7, 11) is 0. The van der Waals surface area contributed by atoms with Crippen LogP contribution in [0.5, 0.6) is 0 Å². The van der Waals surface area contributed by atoms with Gasteiger partial charge in [0.25, 0.3) is 9.76 Å². The van der Waals surface area contributed by atoms with E-state index in [1.807, 2.05) is 6.92 Å². The predicted octanol–water partition coefficient (Wildman–Crippen LogP) is 2.70. The first-order valence-electron chi connectivity index (χ1n) is 3.22. The van der Waals surface area contributed by atoms with Crippen LogP contribution in [0.4, 0.5) is 0 Å². The second-order valence-electron chi connectivity index (χ2n) is 1.99. The number of alkyl halides is 2. The van der Waals surface area contributed by atoms with E-state index in [0.29, 0.717) is 6.61 Å². The van der Waals surface area contributed by atoms with E-state index < -0.39 is 9.76 Å². The van der Waals surface area contributed by atoms with Crippen molar-refractivity contribution in [1.29, 1.82) is 0 Å². The van der Waals surface area contributed by atoms with Gasteiger partial charge in [-0.3, -0.25) is 4.79 Å². The molecule has 0 aromatic rings. The Labute approximate surface area is 80.7 Å². The van der Waals surface area contributed by atoms with Crippen LogP contribution in [-0.4, -0.2) is 16.4 Å². The Kier molecular flexibility index (Phi) is 5.44. The van der Waals surface area contributed by atoms with Gasteiger partial charge in [-0.2, -0.15) is 0 Å². The standard InChI is InChI=1S/C6H9Cl3O2/c1-2-3-4-11-6(8,9)5(7)10/h2-4H2,1H3. The molecule has 2 nitrogen and oxygen atoms in total. The quantitative estimate of drug-likeness (QED) is 0.404. The summed E-state index contributed by atoms with van der Waals surface area (Å²) in [5, 5.41) is -0.906. The summed E-state index contributed by atoms with van der Waals surface area (Å²) >= 11 is 15.8. The lowest BCUT2D eigenvalue weighted by Gasteiger charge is -2.14. The van der Waals surface area contributed by atoms with Crippen LogP contribution in [0.2, 0.25) is 0 Å². The summed E-state index contributed by atoms with van der Waals surface area (Å²) < 4.78 is 2.90. The Morgan fingerprint density at radius 3 is 2.45 bits per heavy atom. The van der Waals surface area contributed by atoms with Crippen molar-refractivity contribution in [3.05, 3.63) is 0 Å². The molecule has 0 saturated carbocycles. The van der Waals surface area contributed by atoms with Crippen molar-refractivity contribution in [3.63, 3.8) is 0 Å². The van der Waals surface area contributed by atoms with Gasteiger partial charge in [-0.25, -0.2) is 0 Å². The van der Waals surface area contributed by atoms with Crippen LogP contribution in [0.1, 0.15) is 19.8 Å². The van der Waals surface area contributed by atoms with Crippen LogP contribution in [0.3, 0.4) is 0 Å². The van der Waals surface area contributed by atoms with Crippen molar-refractivity contribution in [2.45, 2.75) is 24.3 Å². The number of rotatable bonds is 5. The number of ether oxygens (including phenoxy) is 1. The van der Waals surface area contributed by atoms with Gasteiger partial charge in [-0.05, 0) is 18.0 Å². The van der Waals surface area contributed by atoms with Crippen LogP contribution >= 0.6 is 34.8 Å². The lowest BCUT2D eigenvalue weighted by Crippen LogP contribution is -2.25. The van der Waals surface area contributed by atoms with E-state index in [1.54, 1.807) is 0 Å². The molecule has 0 fully saturated rings. The Balaban J connectivity index is 3.64. The van der Waals surface area contributed by atoms with Crippen molar-refractivity contribution in [1.82, 2.24) is 0 Å². The largest absolute Gasteiger partial charge is 0.340 e. The van der Waals surface area contributed by atoms with Crippen molar-refractivity contribution in [2.24, 2.45) is 0 Å². The van der Waals surface area contributed by atoms with Gasteiger partial charge in [0, 0.05) is 0 Å². The molecule has 5 heteroatoms. The van der Waals surface area contributed by atoms with Crippen molar-refractivity contribution in [2.75, 3.05) is 6.61 Å². The first kappa shape index (κ1) is 11.5. The molecule has 0 spiro atoms. The highest BCUT2D eigenvalue weighted by Crippen LogP contribution is 2.25. The smallest absolute Gasteiger partial charge is 0.293 e. The van der Waals surface area contributed by atoms with Crippen LogP contribution in [0.25, 0.3) is 0 Å². The van der Waals surface area contributed by atoms with Gasteiger partial charge in [-0.15, -0.1) is 0 Å². The second-order valence-corrected chi connectivity index (χ2v) is 3.59. The highest BCUT2D eigenvalue weighted by molar-refractivity contribution is 6.77. The number of unbranched alkanes of at least 4 members (excludes halogenated alkanes) is 1. The van der Waals surface area contributed by atoms with Crippen molar-refractivity contribution in [3.8, 4) is 0 Å². The molecule has 0 radical (unpaired) electrons. The third kappa shape index (κ3) is 4.86. The minimum absolute atomic E-state index is 0.335. The summed E-state index contributed by atoms with van der Waals surface area (Å²) in [5.74, 6) is 0. The Hall–Kier alpha value is 0.500. The molecule has 0 aliphatic rings. The fourth-order valence-corrected chi connectivity index (χ4v) is 0.610. The molecular formula is C6H9Cl3O2. The molecule has 0 amide bonds. The molecule has 0 aliphatic heterocycles. The summed E-state index contributed by atoms with van der Waals surface area (Å²) in [6.45, 7) is 2.32. The van der Waals surface area contributed by atoms with Gasteiger partial charge < -0.3 is 4.74 Å². The molecule has 0 rings (SSSR count). The molecular weight excluding hydrogens is 210 g/mol. The van der Waals surface area contributed by atoms with E-state index >= 15 is 0 Å². The monoisotopic (exact) mass is 218 g/mol. The molecule has 0 aromatic heterocycles. The van der Waals surface area contributed by atoms with Gasteiger partial charge in [0.15, 0.2) is 0 Å². The Bertz CT molecular complexity index is 136. The van der Waals surface area contributed by atoms with Gasteiger partial charge in [0.05, 0.1) is 6.61 Å². The van der Waals surface area contributed by atoms with Gasteiger partial charge >= 0.3 is 0 Å². The minimum Gasteiger partial charge on any atom is -0.340 e. The zero-order chi connectivity index (χ0) is 8.91. The SMILES string of the molecule is CCCCOC(Cl)(Cl)C(=O)Cl. The molecule has 0 saturated heterocycles. The maximum atomic E-state index is 10.4. The second kappa shape index (κ2) is 5.20. The van der Waals surface area contributed by atoms with E-state index in [0.717, 1.165) is 12.8 Å². The highest BCUT2D eigenvalue weighted by atomic mass is 35.5. The third-order valence-corrected chi connectivity index (χ3v) is 2.03. The van der Waals surface area contributed by atoms with Crippen LogP contribution in [-0.2, 0) is 9.53 Å². The fourth-order valence-electron chi connectivity index (χ4n) is 0.401. The number of hydrogen-bond acceptors (Lipinski definition) is 2. The molecule has 0 aromatic carbocycles. The maximum Gasteiger partial charge on any atom is 0.293 e. The minimum atomic E-state index is -1.88. The molecule has 0 N–H and O–H groups in total. The van der Waals surface area contributed by atoms with Gasteiger partial charge in [0.2, 0.25) is 0 Å². The molecule has 0 aliphatic carbocycles. The first-order chi connectivity index (χ1) is 5.00. The summed E-state index contributed by atoms with van der Waals surface area (Å²) in [4.78, 5) is 10.4. The lowest BCUT2D eigenvalue weighted by atomic mass is 10.4. The maximum absolute atomic E-state index is 10.4. The Morgan fingerprint density at radius 1 is 1.55 bits per heavy atom. The van der Waals surface area contributed by atoms with E-state index in [-0.39, 0.29) is 0 Å². The number of hydrogen-bond donors (Lipinski definition) is 0. The molecule has 0 atom stereocenters. The fraction of sp³-hybridized carbons (Fsp3) is 0.833. The van der Waals surface area contributed by atoms with Crippen LogP contribution < -0.4 is 0 Å². The number of carbonyl (C=O) groups excluding carboxylic acids is 1. The lowest BCUT2D eigenvalue weighted by molar-refractivity contribution is -0.120. The number of carbonyl (C=O) groups is 1. The van der Waals surface area contributed by atoms with Crippen LogP contribution in [0.15, 0.2) is 0 Å². The highest BCUT2D eigenvalue weighted by Gasteiger charge is 2.32. The molecule has 11 heavy (non-hydrogen) atoms. The topological polar surface area (TPSA) is 26.3 Å². The zero-order valence-electron chi connectivity index (χ0n) is 6.07. The first-order valence-corrected chi connectivity index (χ1v) is 4.35. The summed E-state index contributed by atoms with van der Waals surface area (Å²) in [5.41, 5.74) is 0. The van der Waals surface area contributed by atoms with Crippen LogP contribution in [0, 0.1) is 0 Å². The average Bonchev–Trinajstić information content (AvgIpc) is 1.88. The Morgan fingerprint density at radius 2 is 2.09 bits per heavy atom. The summed E-state index contributed by atoms with van der Waals surface area (Å²) in [6.07, 6.45) is 1.74. The molecule has 0 unspecified atom stereocenters. The van der Waals surface area contributed by atoms with E-state index in [2.05, 4.69) is 0 Å². The average molecular weight is 219 g/mol. The third-order valence-electron chi connectivity index (χ3n) is 1.01. The van der Waals surface area contributed by atoms with E-state index in [4.69, 9.17) is 39.5 Å². The van der Waals surface area contributed by atoms with Gasteiger partial charge in [-0.1, -0.05) is 36.5 Å².